The van der Waals surface area contributed by atoms with Crippen LogP contribution in [-0.2, 0) is 27.4 Å². The van der Waals surface area contributed by atoms with Gasteiger partial charge in [0.15, 0.2) is 0 Å². The number of ether oxygens (including phenoxy) is 1. The molecule has 1 unspecified atom stereocenters. The summed E-state index contributed by atoms with van der Waals surface area (Å²) >= 11 is 13.6. The third-order valence-electron chi connectivity index (χ3n) is 6.08. The van der Waals surface area contributed by atoms with Crippen LogP contribution in [0.15, 0.2) is 72.8 Å². The Hall–Kier alpha value is -3.73. The highest BCUT2D eigenvalue weighted by molar-refractivity contribution is 7.99. The molecule has 0 saturated carbocycles. The average Bonchev–Trinajstić information content (AvgIpc) is 3.43. The van der Waals surface area contributed by atoms with Gasteiger partial charge in [-0.2, -0.15) is 0 Å². The van der Waals surface area contributed by atoms with Crippen molar-refractivity contribution in [2.24, 2.45) is 0 Å². The Balaban J connectivity index is 1.34. The number of carboxylic acids is 1. The van der Waals surface area contributed by atoms with Crippen LogP contribution < -0.4 is 10.6 Å². The monoisotopic (exact) mass is 601 g/mol. The number of hydrogen-bond donors (Lipinski definition) is 3. The van der Waals surface area contributed by atoms with Gasteiger partial charge < -0.3 is 20.5 Å². The molecule has 1 aliphatic rings. The second-order valence-corrected chi connectivity index (χ2v) is 10.7. The lowest BCUT2D eigenvalue weighted by Crippen LogP contribution is -2.52. The van der Waals surface area contributed by atoms with Gasteiger partial charge >= 0.3 is 12.1 Å². The second kappa shape index (κ2) is 13.6. The topological polar surface area (TPSA) is 125 Å². The molecular formula is C28H25Cl2N3O6S. The summed E-state index contributed by atoms with van der Waals surface area (Å²) in [5.74, 6) is -1.70. The van der Waals surface area contributed by atoms with E-state index >= 15 is 0 Å². The largest absolute Gasteiger partial charge is 0.480 e. The van der Waals surface area contributed by atoms with Crippen molar-refractivity contribution >= 4 is 64.5 Å². The SMILES string of the molecule is O=C(Nc1ccc(C[C@H](NC(=O)C2CSCN2C(=O)OCc2ccccc2)C(=O)O)cc1)c1c(Cl)cccc1Cl. The Labute approximate surface area is 244 Å². The molecule has 12 heteroatoms. The molecule has 208 valence electrons. The standard InChI is InChI=1S/C28H25Cl2N3O6S/c29-20-7-4-8-21(30)24(20)26(35)31-19-11-9-17(10-12-19)13-22(27(36)37)32-25(34)23-15-40-16-33(23)28(38)39-14-18-5-2-1-3-6-18/h1-12,22-23H,13-16H2,(H,31,35)(H,32,34)(H,36,37)/t22-,23?/m0/s1. The van der Waals surface area contributed by atoms with Crippen molar-refractivity contribution in [3.63, 3.8) is 0 Å². The quantitative estimate of drug-likeness (QED) is 0.313. The fourth-order valence-corrected chi connectivity index (χ4v) is 5.69. The number of rotatable bonds is 9. The van der Waals surface area contributed by atoms with Crippen LogP contribution >= 0.6 is 35.0 Å². The summed E-state index contributed by atoms with van der Waals surface area (Å²) in [6, 6.07) is 18.3. The van der Waals surface area contributed by atoms with Crippen LogP contribution in [0.1, 0.15) is 21.5 Å². The smallest absolute Gasteiger partial charge is 0.411 e. The van der Waals surface area contributed by atoms with Crippen molar-refractivity contribution in [3.8, 4) is 0 Å². The van der Waals surface area contributed by atoms with E-state index in [4.69, 9.17) is 27.9 Å². The summed E-state index contributed by atoms with van der Waals surface area (Å²) in [6.07, 6.45) is -0.652. The van der Waals surface area contributed by atoms with Crippen LogP contribution in [0.5, 0.6) is 0 Å². The van der Waals surface area contributed by atoms with Crippen molar-refractivity contribution in [3.05, 3.63) is 99.5 Å². The van der Waals surface area contributed by atoms with Gasteiger partial charge in [-0.05, 0) is 35.4 Å². The van der Waals surface area contributed by atoms with E-state index in [0.29, 0.717) is 17.0 Å². The Morgan fingerprint density at radius 3 is 2.27 bits per heavy atom. The number of nitrogens with one attached hydrogen (secondary N) is 2. The van der Waals surface area contributed by atoms with E-state index in [9.17, 15) is 24.3 Å². The maximum absolute atomic E-state index is 13.0. The molecule has 3 aromatic rings. The third-order valence-corrected chi connectivity index (χ3v) is 7.72. The number of carbonyl (C=O) groups is 4. The van der Waals surface area contributed by atoms with Gasteiger partial charge in [-0.25, -0.2) is 9.59 Å². The Morgan fingerprint density at radius 1 is 0.950 bits per heavy atom. The summed E-state index contributed by atoms with van der Waals surface area (Å²) in [4.78, 5) is 51.5. The summed E-state index contributed by atoms with van der Waals surface area (Å²) in [7, 11) is 0. The molecular weight excluding hydrogens is 577 g/mol. The lowest BCUT2D eigenvalue weighted by Gasteiger charge is -2.24. The minimum Gasteiger partial charge on any atom is -0.480 e. The number of hydrogen-bond acceptors (Lipinski definition) is 6. The fraction of sp³-hybridized carbons (Fsp3) is 0.214. The van der Waals surface area contributed by atoms with Crippen LogP contribution in [0, 0.1) is 0 Å². The molecule has 0 aromatic heterocycles. The highest BCUT2D eigenvalue weighted by Crippen LogP contribution is 2.26. The number of amides is 3. The molecule has 4 rings (SSSR count). The van der Waals surface area contributed by atoms with Crippen LogP contribution in [0.25, 0.3) is 0 Å². The van der Waals surface area contributed by atoms with Gasteiger partial charge in [0.05, 0.1) is 21.5 Å². The van der Waals surface area contributed by atoms with Crippen molar-refractivity contribution < 1.29 is 29.0 Å². The third kappa shape index (κ3) is 7.47. The number of carbonyl (C=O) groups excluding carboxylic acids is 3. The normalized spacial score (nSPS) is 15.2. The van der Waals surface area contributed by atoms with Gasteiger partial charge in [0, 0.05) is 17.9 Å². The summed E-state index contributed by atoms with van der Waals surface area (Å²) < 4.78 is 5.35. The van der Waals surface area contributed by atoms with E-state index in [1.54, 1.807) is 42.5 Å². The predicted molar refractivity (Wildman–Crippen MR) is 154 cm³/mol. The Morgan fingerprint density at radius 2 is 1.62 bits per heavy atom. The summed E-state index contributed by atoms with van der Waals surface area (Å²) in [5, 5.41) is 15.4. The number of thioether (sulfide) groups is 1. The predicted octanol–water partition coefficient (Wildman–Crippen LogP) is 5.07. The molecule has 2 atom stereocenters. The zero-order chi connectivity index (χ0) is 28.6. The van der Waals surface area contributed by atoms with Gasteiger partial charge in [0.25, 0.3) is 5.91 Å². The molecule has 3 amide bonds. The first-order chi connectivity index (χ1) is 19.2. The highest BCUT2D eigenvalue weighted by atomic mass is 35.5. The minimum atomic E-state index is -1.23. The Kier molecular flexibility index (Phi) is 9.92. The van der Waals surface area contributed by atoms with Crippen molar-refractivity contribution in [2.75, 3.05) is 16.9 Å². The van der Waals surface area contributed by atoms with E-state index in [1.807, 2.05) is 30.3 Å². The van der Waals surface area contributed by atoms with Crippen molar-refractivity contribution in [1.29, 1.82) is 0 Å². The lowest BCUT2D eigenvalue weighted by molar-refractivity contribution is -0.142. The highest BCUT2D eigenvalue weighted by Gasteiger charge is 2.37. The minimum absolute atomic E-state index is 0.00996. The molecule has 0 radical (unpaired) electrons. The van der Waals surface area contributed by atoms with Crippen molar-refractivity contribution in [2.45, 2.75) is 25.1 Å². The van der Waals surface area contributed by atoms with Crippen LogP contribution in [0.3, 0.4) is 0 Å². The van der Waals surface area contributed by atoms with Gasteiger partial charge in [0.2, 0.25) is 5.91 Å². The zero-order valence-electron chi connectivity index (χ0n) is 21.0. The molecule has 0 bridgehead atoms. The molecule has 1 saturated heterocycles. The summed E-state index contributed by atoms with van der Waals surface area (Å²) in [5.41, 5.74) is 2.02. The molecule has 1 fully saturated rings. The van der Waals surface area contributed by atoms with Crippen LogP contribution in [-0.4, -0.2) is 57.6 Å². The first-order valence-electron chi connectivity index (χ1n) is 12.2. The van der Waals surface area contributed by atoms with Gasteiger partial charge in [0.1, 0.15) is 18.7 Å². The average molecular weight is 602 g/mol. The number of halogens is 2. The van der Waals surface area contributed by atoms with E-state index in [1.165, 1.54) is 16.7 Å². The molecule has 0 spiro atoms. The maximum atomic E-state index is 13.0. The van der Waals surface area contributed by atoms with Gasteiger partial charge in [-0.15, -0.1) is 11.8 Å². The lowest BCUT2D eigenvalue weighted by atomic mass is 10.0. The molecule has 1 heterocycles. The van der Waals surface area contributed by atoms with Crippen molar-refractivity contribution in [1.82, 2.24) is 10.2 Å². The van der Waals surface area contributed by atoms with E-state index in [0.717, 1.165) is 5.56 Å². The number of benzene rings is 3. The number of aliphatic carboxylic acids is 1. The van der Waals surface area contributed by atoms with Crippen LogP contribution in [0.4, 0.5) is 10.5 Å². The van der Waals surface area contributed by atoms with E-state index < -0.39 is 36.0 Å². The molecule has 3 aromatic carbocycles. The second-order valence-electron chi connectivity index (χ2n) is 8.88. The fourth-order valence-electron chi connectivity index (χ4n) is 3.98. The molecule has 40 heavy (non-hydrogen) atoms. The van der Waals surface area contributed by atoms with Crippen LogP contribution in [0.2, 0.25) is 10.0 Å². The number of anilines is 1. The van der Waals surface area contributed by atoms with Gasteiger partial charge in [-0.1, -0.05) is 71.7 Å². The van der Waals surface area contributed by atoms with E-state index in [2.05, 4.69) is 10.6 Å². The van der Waals surface area contributed by atoms with E-state index in [-0.39, 0.29) is 34.5 Å². The Bertz CT molecular complexity index is 1370. The molecule has 9 nitrogen and oxygen atoms in total. The zero-order valence-corrected chi connectivity index (χ0v) is 23.3. The molecule has 0 aliphatic carbocycles. The molecule has 3 N–H and O–H groups in total. The number of carboxylic acid groups (broad SMARTS) is 1. The summed E-state index contributed by atoms with van der Waals surface area (Å²) in [6.45, 7) is 0.0643. The maximum Gasteiger partial charge on any atom is 0.411 e. The number of nitrogens with zero attached hydrogens (tertiary/aromatic N) is 1. The molecule has 1 aliphatic heterocycles. The van der Waals surface area contributed by atoms with Gasteiger partial charge in [-0.3, -0.25) is 14.5 Å². The first-order valence-corrected chi connectivity index (χ1v) is 14.1. The first kappa shape index (κ1) is 29.3.